The number of hydrogen-bond acceptors (Lipinski definition) is 5. The van der Waals surface area contributed by atoms with Crippen molar-refractivity contribution in [1.29, 1.82) is 0 Å². The summed E-state index contributed by atoms with van der Waals surface area (Å²) in [6.07, 6.45) is 2.05. The fourth-order valence-corrected chi connectivity index (χ4v) is 2.48. The third kappa shape index (κ3) is 7.82. The number of ether oxygens (including phenoxy) is 1. The van der Waals surface area contributed by atoms with Crippen molar-refractivity contribution in [2.24, 2.45) is 0 Å². The molecule has 0 unspecified atom stereocenters. The van der Waals surface area contributed by atoms with E-state index < -0.39 is 10.1 Å². The summed E-state index contributed by atoms with van der Waals surface area (Å²) in [7, 11) is -2.62. The molecule has 6 nitrogen and oxygen atoms in total. The van der Waals surface area contributed by atoms with Gasteiger partial charge in [-0.2, -0.15) is 8.42 Å². The summed E-state index contributed by atoms with van der Waals surface area (Å²) in [6.45, 7) is 1.84. The smallest absolute Gasteiger partial charge is 0.305 e. The first-order valence-corrected chi connectivity index (χ1v) is 9.12. The Morgan fingerprint density at radius 1 is 1.12 bits per heavy atom. The van der Waals surface area contributed by atoms with Crippen LogP contribution < -0.4 is 5.73 Å². The van der Waals surface area contributed by atoms with E-state index in [1.165, 1.54) is 19.2 Å². The minimum Gasteiger partial charge on any atom is -0.469 e. The molecule has 0 heterocycles. The molecule has 0 aliphatic carbocycles. The fourth-order valence-electron chi connectivity index (χ4n) is 2.00. The van der Waals surface area contributed by atoms with Crippen molar-refractivity contribution in [2.45, 2.75) is 31.1 Å². The number of carbonyl (C=O) groups is 1. The van der Waals surface area contributed by atoms with E-state index in [9.17, 15) is 13.2 Å². The second-order valence-electron chi connectivity index (χ2n) is 5.42. The lowest BCUT2D eigenvalue weighted by molar-refractivity contribution is -0.140. The van der Waals surface area contributed by atoms with E-state index in [2.05, 4.69) is 4.74 Å². The van der Waals surface area contributed by atoms with Crippen LogP contribution in [0.3, 0.4) is 0 Å². The molecule has 136 valence electrons. The van der Waals surface area contributed by atoms with Gasteiger partial charge in [0.05, 0.1) is 12.0 Å². The van der Waals surface area contributed by atoms with Crippen molar-refractivity contribution in [2.75, 3.05) is 12.8 Å². The van der Waals surface area contributed by atoms with E-state index in [-0.39, 0.29) is 10.9 Å². The number of carbonyl (C=O) groups excluding carboxylic acids is 1. The number of benzene rings is 2. The van der Waals surface area contributed by atoms with Gasteiger partial charge in [-0.25, -0.2) is 0 Å². The van der Waals surface area contributed by atoms with Crippen LogP contribution in [0.2, 0.25) is 0 Å². The monoisotopic (exact) mass is 365 g/mol. The van der Waals surface area contributed by atoms with Crippen molar-refractivity contribution in [3.63, 3.8) is 0 Å². The number of nitrogen functional groups attached to an aromatic ring is 1. The third-order valence-corrected chi connectivity index (χ3v) is 4.30. The van der Waals surface area contributed by atoms with Gasteiger partial charge in [-0.05, 0) is 43.5 Å². The molecular formula is C18H23NO5S. The highest BCUT2D eigenvalue weighted by molar-refractivity contribution is 7.85. The Hall–Kier alpha value is -2.38. The van der Waals surface area contributed by atoms with Crippen LogP contribution in [0.4, 0.5) is 5.69 Å². The van der Waals surface area contributed by atoms with Crippen LogP contribution in [0.1, 0.15) is 24.0 Å². The summed E-state index contributed by atoms with van der Waals surface area (Å²) >= 11 is 0. The molecule has 0 aromatic heterocycles. The quantitative estimate of drug-likeness (QED) is 0.479. The van der Waals surface area contributed by atoms with Gasteiger partial charge in [-0.15, -0.1) is 0 Å². The predicted octanol–water partition coefficient (Wildman–Crippen LogP) is 3.01. The molecule has 2 aromatic rings. The highest BCUT2D eigenvalue weighted by atomic mass is 32.2. The van der Waals surface area contributed by atoms with Crippen molar-refractivity contribution in [3.8, 4) is 0 Å². The summed E-state index contributed by atoms with van der Waals surface area (Å²) in [5, 5.41) is 0. The maximum Gasteiger partial charge on any atom is 0.305 e. The molecule has 0 saturated carbocycles. The molecule has 0 radical (unpaired) electrons. The minimum atomic E-state index is -4.02. The third-order valence-electron chi connectivity index (χ3n) is 3.43. The summed E-state index contributed by atoms with van der Waals surface area (Å²) < 4.78 is 34.1. The van der Waals surface area contributed by atoms with Crippen molar-refractivity contribution >= 4 is 21.8 Å². The molecule has 0 amide bonds. The van der Waals surface area contributed by atoms with E-state index in [1.807, 2.05) is 31.2 Å². The van der Waals surface area contributed by atoms with Crippen LogP contribution in [0.15, 0.2) is 53.4 Å². The molecule has 0 aliphatic heterocycles. The van der Waals surface area contributed by atoms with Crippen molar-refractivity contribution < 1.29 is 22.5 Å². The summed E-state index contributed by atoms with van der Waals surface area (Å²) in [4.78, 5) is 10.8. The molecular weight excluding hydrogens is 342 g/mol. The number of rotatable bonds is 5. The maximum atomic E-state index is 10.8. The van der Waals surface area contributed by atoms with Gasteiger partial charge < -0.3 is 10.5 Å². The molecule has 0 fully saturated rings. The van der Waals surface area contributed by atoms with Gasteiger partial charge in [0.1, 0.15) is 0 Å². The average molecular weight is 365 g/mol. The topological polar surface area (TPSA) is 107 Å². The molecule has 2 aromatic carbocycles. The van der Waals surface area contributed by atoms with Gasteiger partial charge in [0.2, 0.25) is 0 Å². The Labute approximate surface area is 148 Å². The molecule has 0 saturated heterocycles. The lowest BCUT2D eigenvalue weighted by atomic mass is 10.1. The first-order valence-electron chi connectivity index (χ1n) is 7.68. The SMILES string of the molecule is COC(=O)CCCc1ccccc1N.Cc1ccc(S(=O)(=O)O)cc1. The van der Waals surface area contributed by atoms with E-state index in [1.54, 1.807) is 12.1 Å². The van der Waals surface area contributed by atoms with Crippen LogP contribution in [-0.2, 0) is 26.1 Å². The zero-order chi connectivity index (χ0) is 18.9. The molecule has 3 N–H and O–H groups in total. The predicted molar refractivity (Wildman–Crippen MR) is 96.8 cm³/mol. The number of anilines is 1. The fraction of sp³-hybridized carbons (Fsp3) is 0.278. The van der Waals surface area contributed by atoms with Crippen LogP contribution in [0, 0.1) is 6.92 Å². The van der Waals surface area contributed by atoms with Crippen molar-refractivity contribution in [1.82, 2.24) is 0 Å². The minimum absolute atomic E-state index is 0.0666. The lowest BCUT2D eigenvalue weighted by Crippen LogP contribution is -2.01. The zero-order valence-electron chi connectivity index (χ0n) is 14.3. The van der Waals surface area contributed by atoms with Gasteiger partial charge in [0, 0.05) is 12.1 Å². The molecule has 0 atom stereocenters. The van der Waals surface area contributed by atoms with E-state index in [0.717, 1.165) is 29.7 Å². The Morgan fingerprint density at radius 3 is 2.24 bits per heavy atom. The van der Waals surface area contributed by atoms with Gasteiger partial charge >= 0.3 is 5.97 Å². The first kappa shape index (κ1) is 20.7. The number of nitrogens with two attached hydrogens (primary N) is 1. The van der Waals surface area contributed by atoms with Gasteiger partial charge in [0.15, 0.2) is 0 Å². The molecule has 7 heteroatoms. The largest absolute Gasteiger partial charge is 0.469 e. The van der Waals surface area contributed by atoms with Gasteiger partial charge in [0.25, 0.3) is 10.1 Å². The maximum absolute atomic E-state index is 10.8. The van der Waals surface area contributed by atoms with Crippen molar-refractivity contribution in [3.05, 3.63) is 59.7 Å². The zero-order valence-corrected chi connectivity index (χ0v) is 15.1. The van der Waals surface area contributed by atoms with E-state index >= 15 is 0 Å². The highest BCUT2D eigenvalue weighted by Crippen LogP contribution is 2.13. The summed E-state index contributed by atoms with van der Waals surface area (Å²) in [5.74, 6) is -0.167. The second-order valence-corrected chi connectivity index (χ2v) is 6.84. The number of hydrogen-bond donors (Lipinski definition) is 2. The van der Waals surface area contributed by atoms with Crippen LogP contribution >= 0.6 is 0 Å². The standard InChI is InChI=1S/C11H15NO2.C7H8O3S/c1-14-11(13)8-4-6-9-5-2-3-7-10(9)12;1-6-2-4-7(5-3-6)11(8,9)10/h2-3,5,7H,4,6,8,12H2,1H3;2-5H,1H3,(H,8,9,10). The number of para-hydroxylation sites is 1. The molecule has 0 bridgehead atoms. The number of methoxy groups -OCH3 is 1. The molecule has 2 rings (SSSR count). The van der Waals surface area contributed by atoms with Gasteiger partial charge in [-0.1, -0.05) is 35.9 Å². The van der Waals surface area contributed by atoms with Crippen LogP contribution in [0.5, 0.6) is 0 Å². The van der Waals surface area contributed by atoms with Crippen LogP contribution in [0.25, 0.3) is 0 Å². The average Bonchev–Trinajstić information content (AvgIpc) is 2.56. The van der Waals surface area contributed by atoms with Gasteiger partial charge in [-0.3, -0.25) is 9.35 Å². The first-order chi connectivity index (χ1) is 11.7. The lowest BCUT2D eigenvalue weighted by Gasteiger charge is -2.03. The normalized spacial score (nSPS) is 10.5. The summed E-state index contributed by atoms with van der Waals surface area (Å²) in [5.41, 5.74) is 8.59. The Morgan fingerprint density at radius 2 is 1.72 bits per heavy atom. The number of esters is 1. The Bertz CT molecular complexity index is 785. The Kier molecular flexibility index (Phi) is 8.10. The molecule has 25 heavy (non-hydrogen) atoms. The Balaban J connectivity index is 0.000000257. The molecule has 0 aliphatic rings. The highest BCUT2D eigenvalue weighted by Gasteiger charge is 2.06. The van der Waals surface area contributed by atoms with Crippen LogP contribution in [-0.4, -0.2) is 26.0 Å². The second kappa shape index (κ2) is 9.80. The summed E-state index contributed by atoms with van der Waals surface area (Å²) in [6, 6.07) is 13.7. The molecule has 0 spiro atoms. The number of aryl methyl sites for hydroxylation is 2. The van der Waals surface area contributed by atoms with E-state index in [0.29, 0.717) is 6.42 Å². The van der Waals surface area contributed by atoms with E-state index in [4.69, 9.17) is 10.3 Å².